The quantitative estimate of drug-likeness (QED) is 0.0973. The van der Waals surface area contributed by atoms with Gasteiger partial charge < -0.3 is 24.6 Å². The highest BCUT2D eigenvalue weighted by atomic mass is 32.2. The second kappa shape index (κ2) is 15.0. The Morgan fingerprint density at radius 1 is 1.26 bits per heavy atom. The lowest BCUT2D eigenvalue weighted by Gasteiger charge is -2.38. The maximum Gasteiger partial charge on any atom is 0.305 e. The van der Waals surface area contributed by atoms with Crippen molar-refractivity contribution in [3.05, 3.63) is 44.4 Å². The third-order valence-electron chi connectivity index (χ3n) is 6.81. The number of H-pyrrole nitrogens is 1. The van der Waals surface area contributed by atoms with Crippen LogP contribution < -0.4 is 15.6 Å². The highest BCUT2D eigenvalue weighted by molar-refractivity contribution is 7.82. The Hall–Kier alpha value is -3.89. The number of hydrogen-bond acceptors (Lipinski definition) is 11. The Morgan fingerprint density at radius 2 is 2.05 bits per heavy atom. The number of benzene rings is 1. The van der Waals surface area contributed by atoms with Crippen LogP contribution in [0.5, 0.6) is 5.75 Å². The van der Waals surface area contributed by atoms with Crippen LogP contribution in [0.15, 0.2) is 27.9 Å². The summed E-state index contributed by atoms with van der Waals surface area (Å²) >= 11 is 0. The van der Waals surface area contributed by atoms with E-state index >= 15 is 0 Å². The van der Waals surface area contributed by atoms with E-state index in [1.807, 2.05) is 18.2 Å². The minimum absolute atomic E-state index is 0.0448. The van der Waals surface area contributed by atoms with Gasteiger partial charge in [-0.3, -0.25) is 14.3 Å². The number of ether oxygens (including phenoxy) is 2. The molecule has 1 aliphatic rings. The zero-order valence-electron chi connectivity index (χ0n) is 24.5. The van der Waals surface area contributed by atoms with E-state index in [1.54, 1.807) is 29.9 Å². The van der Waals surface area contributed by atoms with Crippen LogP contribution in [0.4, 0.5) is 0 Å². The molecule has 1 atom stereocenters. The predicted molar refractivity (Wildman–Crippen MR) is 157 cm³/mol. The van der Waals surface area contributed by atoms with Crippen molar-refractivity contribution >= 4 is 28.0 Å². The summed E-state index contributed by atoms with van der Waals surface area (Å²) in [4.78, 5) is 47.3. The molecule has 3 aromatic rings. The molecule has 1 fully saturated rings. The standard InChI is InChI=1S/C27H37N7O8S/c1-4-8-21-24-25(32(3)31-21)27(36)30-26(29-24)20-15-19(10-11-22(20)40-5-2)43(39)33-16-18(17-33)28-12-14-41-23(35)9-6-7-13-42-34(37)38/h10-11,15,18,28H,4-9,12-14,16-17H2,1-3H3,(H,29,30,36). The Labute approximate surface area is 250 Å². The van der Waals surface area contributed by atoms with Crippen LogP contribution in [0.25, 0.3) is 22.4 Å². The van der Waals surface area contributed by atoms with Crippen LogP contribution in [0.2, 0.25) is 0 Å². The lowest BCUT2D eigenvalue weighted by atomic mass is 10.1. The maximum atomic E-state index is 13.4. The number of aromatic amines is 1. The zero-order valence-corrected chi connectivity index (χ0v) is 25.3. The number of carbonyl (C=O) groups is 1. The van der Waals surface area contributed by atoms with Crippen LogP contribution in [0, 0.1) is 10.1 Å². The van der Waals surface area contributed by atoms with Crippen molar-refractivity contribution in [3.63, 3.8) is 0 Å². The van der Waals surface area contributed by atoms with Gasteiger partial charge in [0.1, 0.15) is 34.7 Å². The molecular formula is C27H37N7O8S. The number of unbranched alkanes of at least 4 members (excludes halogenated alkanes) is 1. The molecule has 16 heteroatoms. The van der Waals surface area contributed by atoms with Gasteiger partial charge in [0.05, 0.1) is 29.4 Å². The molecule has 3 heterocycles. The largest absolute Gasteiger partial charge is 0.493 e. The summed E-state index contributed by atoms with van der Waals surface area (Å²) in [5.74, 6) is 0.479. The van der Waals surface area contributed by atoms with Gasteiger partial charge in [0.2, 0.25) is 0 Å². The van der Waals surface area contributed by atoms with Gasteiger partial charge in [0.15, 0.2) is 5.52 Å². The molecule has 1 aromatic carbocycles. The number of rotatable bonds is 17. The second-order valence-electron chi connectivity index (χ2n) is 10.0. The lowest BCUT2D eigenvalue weighted by molar-refractivity contribution is -0.757. The van der Waals surface area contributed by atoms with Gasteiger partial charge in [-0.2, -0.15) is 5.10 Å². The van der Waals surface area contributed by atoms with Crippen molar-refractivity contribution in [2.24, 2.45) is 7.05 Å². The minimum Gasteiger partial charge on any atom is -0.493 e. The zero-order chi connectivity index (χ0) is 30.9. The number of fused-ring (bicyclic) bond motifs is 1. The number of nitrogens with one attached hydrogen (secondary N) is 2. The smallest absolute Gasteiger partial charge is 0.305 e. The number of carbonyl (C=O) groups excluding carboxylic acids is 1. The van der Waals surface area contributed by atoms with Crippen LogP contribution in [-0.4, -0.2) is 84.8 Å². The van der Waals surface area contributed by atoms with E-state index in [9.17, 15) is 23.9 Å². The van der Waals surface area contributed by atoms with E-state index < -0.39 is 16.1 Å². The second-order valence-corrected chi connectivity index (χ2v) is 11.5. The van der Waals surface area contributed by atoms with Crippen molar-refractivity contribution in [2.45, 2.75) is 56.9 Å². The fourth-order valence-corrected chi connectivity index (χ4v) is 6.06. The summed E-state index contributed by atoms with van der Waals surface area (Å²) in [5, 5.41) is 17.0. The Kier molecular flexibility index (Phi) is 11.2. The van der Waals surface area contributed by atoms with E-state index in [0.29, 0.717) is 78.6 Å². The summed E-state index contributed by atoms with van der Waals surface area (Å²) in [6.45, 7) is 5.98. The molecule has 1 unspecified atom stereocenters. The highest BCUT2D eigenvalue weighted by Crippen LogP contribution is 2.32. The van der Waals surface area contributed by atoms with Crippen LogP contribution in [-0.2, 0) is 38.8 Å². The first-order valence-electron chi connectivity index (χ1n) is 14.3. The van der Waals surface area contributed by atoms with Crippen molar-refractivity contribution in [2.75, 3.05) is 39.5 Å². The van der Waals surface area contributed by atoms with Gasteiger partial charge >= 0.3 is 5.97 Å². The van der Waals surface area contributed by atoms with E-state index in [1.165, 1.54) is 0 Å². The van der Waals surface area contributed by atoms with Crippen molar-refractivity contribution in [3.8, 4) is 17.1 Å². The van der Waals surface area contributed by atoms with Crippen LogP contribution in [0.3, 0.4) is 0 Å². The fraction of sp³-hybridized carbons (Fsp3) is 0.556. The molecule has 0 radical (unpaired) electrons. The molecule has 0 amide bonds. The monoisotopic (exact) mass is 619 g/mol. The van der Waals surface area contributed by atoms with Gasteiger partial charge in [0.25, 0.3) is 10.6 Å². The first kappa shape index (κ1) is 32.0. The molecule has 1 aliphatic heterocycles. The molecule has 2 aromatic heterocycles. The number of aryl methyl sites for hydroxylation is 2. The summed E-state index contributed by atoms with van der Waals surface area (Å²) in [6.07, 6.45) is 2.55. The van der Waals surface area contributed by atoms with Gasteiger partial charge in [-0.1, -0.05) is 13.3 Å². The van der Waals surface area contributed by atoms with Gasteiger partial charge in [-0.25, -0.2) is 13.5 Å². The Morgan fingerprint density at radius 3 is 2.77 bits per heavy atom. The maximum absolute atomic E-state index is 13.4. The predicted octanol–water partition coefficient (Wildman–Crippen LogP) is 1.89. The van der Waals surface area contributed by atoms with Crippen LogP contribution >= 0.6 is 0 Å². The molecule has 2 N–H and O–H groups in total. The number of nitrogens with zero attached hydrogens (tertiary/aromatic N) is 5. The first-order chi connectivity index (χ1) is 20.7. The van der Waals surface area contributed by atoms with E-state index in [0.717, 1.165) is 12.1 Å². The van der Waals surface area contributed by atoms with Crippen molar-refractivity contribution in [1.82, 2.24) is 29.4 Å². The molecule has 1 saturated heterocycles. The molecule has 0 bridgehead atoms. The summed E-state index contributed by atoms with van der Waals surface area (Å²) in [5.41, 5.74) is 1.93. The molecular weight excluding hydrogens is 582 g/mol. The van der Waals surface area contributed by atoms with Crippen LogP contribution in [0.1, 0.15) is 45.2 Å². The third kappa shape index (κ3) is 8.14. The molecule has 0 saturated carbocycles. The number of aromatic nitrogens is 4. The fourth-order valence-electron chi connectivity index (χ4n) is 4.73. The lowest BCUT2D eigenvalue weighted by Crippen LogP contribution is -2.58. The minimum atomic E-state index is -1.45. The van der Waals surface area contributed by atoms with Gasteiger partial charge in [0, 0.05) is 39.1 Å². The molecule has 234 valence electrons. The molecule has 43 heavy (non-hydrogen) atoms. The third-order valence-corrected chi connectivity index (χ3v) is 8.23. The summed E-state index contributed by atoms with van der Waals surface area (Å²) in [7, 11) is 0.267. The van der Waals surface area contributed by atoms with Gasteiger partial charge in [-0.15, -0.1) is 10.1 Å². The highest BCUT2D eigenvalue weighted by Gasteiger charge is 2.31. The summed E-state index contributed by atoms with van der Waals surface area (Å²) < 4.78 is 27.8. The van der Waals surface area contributed by atoms with Crippen molar-refractivity contribution in [1.29, 1.82) is 0 Å². The molecule has 4 rings (SSSR count). The first-order valence-corrected chi connectivity index (χ1v) is 15.4. The van der Waals surface area contributed by atoms with Gasteiger partial charge in [-0.05, 0) is 44.4 Å². The Balaban J connectivity index is 1.33. The average molecular weight is 620 g/mol. The average Bonchev–Trinajstić information content (AvgIpc) is 3.27. The Bertz CT molecular complexity index is 1520. The van der Waals surface area contributed by atoms with E-state index in [2.05, 4.69) is 20.2 Å². The van der Waals surface area contributed by atoms with E-state index in [4.69, 9.17) is 14.5 Å². The van der Waals surface area contributed by atoms with Crippen molar-refractivity contribution < 1.29 is 28.4 Å². The summed E-state index contributed by atoms with van der Waals surface area (Å²) in [6, 6.07) is 5.32. The molecule has 0 aliphatic carbocycles. The normalized spacial score (nSPS) is 14.4. The molecule has 0 spiro atoms. The molecule has 15 nitrogen and oxygen atoms in total. The number of esters is 1. The number of hydrogen-bond donors (Lipinski definition) is 2. The topological polar surface area (TPSA) is 184 Å². The van der Waals surface area contributed by atoms with E-state index in [-0.39, 0.29) is 37.2 Å². The SMILES string of the molecule is CCCc1nn(C)c2c(=O)[nH]c(-c3cc(S(=O)N4CC(NCCOC(=O)CCCCO[N+](=O)[O-])C4)ccc3OCC)nc12.